The van der Waals surface area contributed by atoms with Gasteiger partial charge in [0.1, 0.15) is 5.56 Å². The molecule has 0 atom stereocenters. The van der Waals surface area contributed by atoms with Gasteiger partial charge in [-0.2, -0.15) is 23.5 Å². The Morgan fingerprint density at radius 1 is 1.15 bits per heavy atom. The van der Waals surface area contributed by atoms with Crippen molar-refractivity contribution in [3.05, 3.63) is 91.8 Å². The van der Waals surface area contributed by atoms with Crippen LogP contribution in [-0.4, -0.2) is 15.3 Å². The number of benzene rings is 2. The summed E-state index contributed by atoms with van der Waals surface area (Å²) >= 11 is 0. The average molecular weight is 465 g/mol. The van der Waals surface area contributed by atoms with E-state index in [1.807, 2.05) is 6.07 Å². The molecular formula is C24H18F3N5O2. The van der Waals surface area contributed by atoms with Gasteiger partial charge in [0.15, 0.2) is 0 Å². The van der Waals surface area contributed by atoms with Gasteiger partial charge in [-0.15, -0.1) is 0 Å². The highest BCUT2D eigenvalue weighted by Crippen LogP contribution is 2.30. The van der Waals surface area contributed by atoms with Gasteiger partial charge in [-0.25, -0.2) is 4.79 Å². The maximum absolute atomic E-state index is 13.2. The molecule has 0 amide bonds. The summed E-state index contributed by atoms with van der Waals surface area (Å²) in [5, 5.41) is 12.7. The highest BCUT2D eigenvalue weighted by Gasteiger charge is 2.31. The van der Waals surface area contributed by atoms with Gasteiger partial charge in [0, 0.05) is 12.2 Å². The molecule has 0 aliphatic rings. The van der Waals surface area contributed by atoms with E-state index in [1.54, 1.807) is 31.2 Å². The standard InChI is InChI=1S/C24H18F3N5O2/c1-3-31-22(33)21(8-5-13-29-30-19-11-9-17(15-28)10-12-19)16(2)32(23(31)34)20-7-4-6-18(14-20)24(25,26)27/h4,6-7,9-14,30H,3H2,1-2H3. The van der Waals surface area contributed by atoms with Crippen molar-refractivity contribution in [1.29, 1.82) is 5.26 Å². The van der Waals surface area contributed by atoms with Crippen LogP contribution in [0.2, 0.25) is 0 Å². The van der Waals surface area contributed by atoms with E-state index in [9.17, 15) is 22.8 Å². The second-order valence-electron chi connectivity index (χ2n) is 7.00. The van der Waals surface area contributed by atoms with Gasteiger partial charge in [0.05, 0.1) is 34.8 Å². The molecule has 1 aromatic heterocycles. The van der Waals surface area contributed by atoms with Crippen LogP contribution in [0.1, 0.15) is 29.3 Å². The van der Waals surface area contributed by atoms with Crippen molar-refractivity contribution in [3.8, 4) is 23.6 Å². The maximum Gasteiger partial charge on any atom is 0.416 e. The Hall–Kier alpha value is -4.57. The molecule has 0 unspecified atom stereocenters. The molecule has 10 heteroatoms. The summed E-state index contributed by atoms with van der Waals surface area (Å²) in [4.78, 5) is 25.7. The molecule has 0 saturated carbocycles. The summed E-state index contributed by atoms with van der Waals surface area (Å²) in [7, 11) is 0. The zero-order chi connectivity index (χ0) is 24.9. The van der Waals surface area contributed by atoms with Crippen LogP contribution in [0, 0.1) is 30.1 Å². The number of hydrogen-bond acceptors (Lipinski definition) is 5. The first-order valence-electron chi connectivity index (χ1n) is 10.0. The minimum absolute atomic E-state index is 0.0138. The van der Waals surface area contributed by atoms with Crippen LogP contribution < -0.4 is 16.7 Å². The summed E-state index contributed by atoms with van der Waals surface area (Å²) in [5.74, 6) is 5.24. The molecule has 0 aliphatic carbocycles. The third kappa shape index (κ3) is 5.08. The third-order valence-corrected chi connectivity index (χ3v) is 4.86. The van der Waals surface area contributed by atoms with E-state index in [0.29, 0.717) is 11.3 Å². The van der Waals surface area contributed by atoms with Crippen LogP contribution >= 0.6 is 0 Å². The number of alkyl halides is 3. The number of nitrogens with zero attached hydrogens (tertiary/aromatic N) is 4. The van der Waals surface area contributed by atoms with Gasteiger partial charge in [0.2, 0.25) is 0 Å². The molecule has 0 radical (unpaired) electrons. The van der Waals surface area contributed by atoms with Crippen molar-refractivity contribution in [2.75, 3.05) is 5.43 Å². The van der Waals surface area contributed by atoms with Gasteiger partial charge < -0.3 is 0 Å². The van der Waals surface area contributed by atoms with Crippen molar-refractivity contribution < 1.29 is 13.2 Å². The van der Waals surface area contributed by atoms with Gasteiger partial charge in [0.25, 0.3) is 5.56 Å². The lowest BCUT2D eigenvalue weighted by molar-refractivity contribution is -0.137. The Balaban J connectivity index is 2.01. The number of nitrogens with one attached hydrogen (secondary N) is 1. The monoisotopic (exact) mass is 465 g/mol. The smallest absolute Gasteiger partial charge is 0.278 e. The fourth-order valence-electron chi connectivity index (χ4n) is 3.16. The molecule has 0 fully saturated rings. The van der Waals surface area contributed by atoms with E-state index < -0.39 is 23.0 Å². The highest BCUT2D eigenvalue weighted by molar-refractivity contribution is 5.80. The molecule has 172 valence electrons. The van der Waals surface area contributed by atoms with Gasteiger partial charge in [-0.3, -0.25) is 19.4 Å². The maximum atomic E-state index is 13.2. The van der Waals surface area contributed by atoms with E-state index in [2.05, 4.69) is 22.4 Å². The summed E-state index contributed by atoms with van der Waals surface area (Å²) in [6, 6.07) is 12.8. The Labute approximate surface area is 192 Å². The molecule has 34 heavy (non-hydrogen) atoms. The summed E-state index contributed by atoms with van der Waals surface area (Å²) in [6.07, 6.45) is -3.39. The van der Waals surface area contributed by atoms with Gasteiger partial charge >= 0.3 is 11.9 Å². The fourth-order valence-corrected chi connectivity index (χ4v) is 3.16. The molecule has 2 aromatic carbocycles. The van der Waals surface area contributed by atoms with Crippen LogP contribution in [0.4, 0.5) is 18.9 Å². The number of hydrazone groups is 1. The van der Waals surface area contributed by atoms with Crippen molar-refractivity contribution in [3.63, 3.8) is 0 Å². The average Bonchev–Trinajstić information content (AvgIpc) is 2.81. The number of rotatable bonds is 4. The molecule has 1 N–H and O–H groups in total. The number of aromatic nitrogens is 2. The predicted octanol–water partition coefficient (Wildman–Crippen LogP) is 3.67. The molecule has 1 heterocycles. The van der Waals surface area contributed by atoms with Crippen LogP contribution in [0.3, 0.4) is 0 Å². The zero-order valence-electron chi connectivity index (χ0n) is 18.1. The quantitative estimate of drug-likeness (QED) is 0.362. The molecule has 7 nitrogen and oxygen atoms in total. The number of halogens is 3. The molecular weight excluding hydrogens is 447 g/mol. The first-order valence-corrected chi connectivity index (χ1v) is 10.0. The van der Waals surface area contributed by atoms with Gasteiger partial charge in [-0.1, -0.05) is 12.0 Å². The molecule has 3 rings (SSSR count). The molecule has 3 aromatic rings. The number of anilines is 1. The van der Waals surface area contributed by atoms with E-state index in [1.165, 1.54) is 25.3 Å². The number of hydrogen-bond donors (Lipinski definition) is 1. The van der Waals surface area contributed by atoms with Crippen LogP contribution in [-0.2, 0) is 12.7 Å². The van der Waals surface area contributed by atoms with E-state index in [-0.39, 0.29) is 23.5 Å². The van der Waals surface area contributed by atoms with Crippen molar-refractivity contribution in [2.24, 2.45) is 5.10 Å². The van der Waals surface area contributed by atoms with Crippen LogP contribution in [0.25, 0.3) is 5.69 Å². The zero-order valence-corrected chi connectivity index (χ0v) is 18.1. The molecule has 0 aliphatic heterocycles. The second kappa shape index (κ2) is 9.92. The first kappa shape index (κ1) is 24.1. The lowest BCUT2D eigenvalue weighted by atomic mass is 10.1. The lowest BCUT2D eigenvalue weighted by Gasteiger charge is -2.16. The Bertz CT molecular complexity index is 1460. The lowest BCUT2D eigenvalue weighted by Crippen LogP contribution is -2.41. The van der Waals surface area contributed by atoms with Crippen molar-refractivity contribution >= 4 is 11.9 Å². The summed E-state index contributed by atoms with van der Waals surface area (Å²) < 4.78 is 41.5. The van der Waals surface area contributed by atoms with Crippen molar-refractivity contribution in [2.45, 2.75) is 26.6 Å². The molecule has 0 bridgehead atoms. The van der Waals surface area contributed by atoms with Crippen LogP contribution in [0.5, 0.6) is 0 Å². The molecule has 0 saturated heterocycles. The minimum Gasteiger partial charge on any atom is -0.278 e. The van der Waals surface area contributed by atoms with Crippen LogP contribution in [0.15, 0.2) is 63.2 Å². The van der Waals surface area contributed by atoms with Gasteiger partial charge in [-0.05, 0) is 62.2 Å². The SMILES string of the molecule is CCn1c(=O)c(C#CC=NNc2ccc(C#N)cc2)c(C)n(-c2cccc(C(F)(F)F)c2)c1=O. The van der Waals surface area contributed by atoms with E-state index in [4.69, 9.17) is 5.26 Å². The number of nitriles is 1. The first-order chi connectivity index (χ1) is 16.2. The molecule has 0 spiro atoms. The minimum atomic E-state index is -4.59. The Morgan fingerprint density at radius 3 is 2.47 bits per heavy atom. The Morgan fingerprint density at radius 2 is 1.85 bits per heavy atom. The second-order valence-corrected chi connectivity index (χ2v) is 7.00. The summed E-state index contributed by atoms with van der Waals surface area (Å²) in [6.45, 7) is 3.04. The Kier molecular flexibility index (Phi) is 7.03. The fraction of sp³-hybridized carbons (Fsp3) is 0.167. The van der Waals surface area contributed by atoms with Crippen molar-refractivity contribution in [1.82, 2.24) is 9.13 Å². The topological polar surface area (TPSA) is 92.2 Å². The third-order valence-electron chi connectivity index (χ3n) is 4.86. The van der Waals surface area contributed by atoms with E-state index in [0.717, 1.165) is 21.3 Å². The summed E-state index contributed by atoms with van der Waals surface area (Å²) in [5.41, 5.74) is 1.54. The largest absolute Gasteiger partial charge is 0.416 e. The van der Waals surface area contributed by atoms with E-state index >= 15 is 0 Å². The predicted molar refractivity (Wildman–Crippen MR) is 122 cm³/mol. The normalized spacial score (nSPS) is 11.1. The highest BCUT2D eigenvalue weighted by atomic mass is 19.4.